The molecule has 0 radical (unpaired) electrons. The molecule has 1 aromatic heterocycles. The molecular weight excluding hydrogens is 432 g/mol. The molecule has 1 fully saturated rings. The van der Waals surface area contributed by atoms with Gasteiger partial charge in [-0.15, -0.1) is 5.10 Å². The number of amides is 1. The van der Waals surface area contributed by atoms with Crippen molar-refractivity contribution >= 4 is 5.91 Å². The molecule has 0 atom stereocenters. The van der Waals surface area contributed by atoms with Crippen LogP contribution in [0.2, 0.25) is 0 Å². The minimum absolute atomic E-state index is 0.0215. The maximum absolute atomic E-state index is 12.7. The first-order valence-corrected chi connectivity index (χ1v) is 11.8. The first-order valence-electron chi connectivity index (χ1n) is 11.8. The van der Waals surface area contributed by atoms with E-state index in [1.54, 1.807) is 0 Å². The van der Waals surface area contributed by atoms with E-state index in [9.17, 15) is 4.79 Å². The summed E-state index contributed by atoms with van der Waals surface area (Å²) in [6.45, 7) is 5.28. The molecule has 2 aliphatic heterocycles. The highest BCUT2D eigenvalue weighted by Crippen LogP contribution is 2.26. The van der Waals surface area contributed by atoms with Gasteiger partial charge in [0, 0.05) is 31.7 Å². The number of hydrogen-bond donors (Lipinski definition) is 0. The zero-order valence-electron chi connectivity index (χ0n) is 19.3. The predicted molar refractivity (Wildman–Crippen MR) is 125 cm³/mol. The largest absolute Gasteiger partial charge is 0.491 e. The predicted octanol–water partition coefficient (Wildman–Crippen LogP) is 2.28. The Hall–Kier alpha value is -3.30. The Balaban J connectivity index is 1.14. The van der Waals surface area contributed by atoms with E-state index in [1.165, 1.54) is 22.1 Å². The number of ether oxygens (including phenoxy) is 2. The number of fused-ring (bicyclic) bond motifs is 1. The van der Waals surface area contributed by atoms with Crippen molar-refractivity contribution in [2.45, 2.75) is 45.2 Å². The molecule has 0 bridgehead atoms. The molecule has 178 valence electrons. The molecule has 9 heteroatoms. The fourth-order valence-corrected chi connectivity index (χ4v) is 4.53. The topological polar surface area (TPSA) is 85.6 Å². The lowest BCUT2D eigenvalue weighted by Gasteiger charge is -2.32. The van der Waals surface area contributed by atoms with Crippen LogP contribution in [-0.2, 0) is 35.8 Å². The van der Waals surface area contributed by atoms with Crippen LogP contribution >= 0.6 is 0 Å². The van der Waals surface area contributed by atoms with Gasteiger partial charge in [-0.05, 0) is 46.5 Å². The number of nitrogens with zero attached hydrogens (tertiary/aromatic N) is 6. The lowest BCUT2D eigenvalue weighted by Crippen LogP contribution is -2.36. The summed E-state index contributed by atoms with van der Waals surface area (Å²) in [7, 11) is 0. The van der Waals surface area contributed by atoms with Crippen LogP contribution in [0.4, 0.5) is 0 Å². The van der Waals surface area contributed by atoms with E-state index in [-0.39, 0.29) is 12.5 Å². The van der Waals surface area contributed by atoms with Crippen molar-refractivity contribution in [1.29, 1.82) is 0 Å². The van der Waals surface area contributed by atoms with Crippen LogP contribution in [0.15, 0.2) is 54.9 Å². The van der Waals surface area contributed by atoms with E-state index in [1.807, 2.05) is 17.0 Å². The Morgan fingerprint density at radius 3 is 2.71 bits per heavy atom. The molecule has 3 heterocycles. The van der Waals surface area contributed by atoms with Gasteiger partial charge in [0.2, 0.25) is 5.91 Å². The second-order valence-corrected chi connectivity index (χ2v) is 8.89. The van der Waals surface area contributed by atoms with E-state index in [0.29, 0.717) is 32.4 Å². The summed E-state index contributed by atoms with van der Waals surface area (Å²) in [4.78, 5) is 17.0. The van der Waals surface area contributed by atoms with Gasteiger partial charge >= 0.3 is 0 Å². The van der Waals surface area contributed by atoms with Crippen LogP contribution in [0.3, 0.4) is 0 Å². The van der Waals surface area contributed by atoms with Crippen molar-refractivity contribution in [2.24, 2.45) is 0 Å². The molecule has 2 aromatic carbocycles. The van der Waals surface area contributed by atoms with Gasteiger partial charge in [-0.2, -0.15) is 0 Å². The molecular formula is C25H30N6O3. The number of rotatable bonds is 7. The standard InChI is InChI=1S/C25H30N6O3/c32-25(17-31-19-26-27-28-31)30-12-13-33-24-7-6-21(14-22(24)16-30)15-29-10-8-23(9-11-29)34-18-20-4-2-1-3-5-20/h1-7,14,19,23H,8-13,15-18H2. The van der Waals surface area contributed by atoms with Crippen molar-refractivity contribution in [3.63, 3.8) is 0 Å². The molecule has 1 saturated heterocycles. The fraction of sp³-hybridized carbons (Fsp3) is 0.440. The summed E-state index contributed by atoms with van der Waals surface area (Å²) in [5.74, 6) is 0.834. The minimum atomic E-state index is -0.0215. The van der Waals surface area contributed by atoms with Gasteiger partial charge in [0.25, 0.3) is 0 Å². The average Bonchev–Trinajstić information content (AvgIpc) is 3.28. The van der Waals surface area contributed by atoms with E-state index < -0.39 is 0 Å². The van der Waals surface area contributed by atoms with Crippen LogP contribution in [0, 0.1) is 0 Å². The van der Waals surface area contributed by atoms with Gasteiger partial charge in [-0.25, -0.2) is 4.68 Å². The molecule has 3 aromatic rings. The van der Waals surface area contributed by atoms with Gasteiger partial charge in [-0.1, -0.05) is 36.4 Å². The summed E-state index contributed by atoms with van der Waals surface area (Å²) in [5, 5.41) is 11.0. The monoisotopic (exact) mass is 462 g/mol. The number of carbonyl (C=O) groups excluding carboxylic acids is 1. The number of hydrogen-bond acceptors (Lipinski definition) is 7. The van der Waals surface area contributed by atoms with E-state index >= 15 is 0 Å². The summed E-state index contributed by atoms with van der Waals surface area (Å²) >= 11 is 0. The summed E-state index contributed by atoms with van der Waals surface area (Å²) in [6.07, 6.45) is 3.85. The van der Waals surface area contributed by atoms with Gasteiger partial charge in [-0.3, -0.25) is 9.69 Å². The molecule has 0 unspecified atom stereocenters. The second kappa shape index (κ2) is 10.8. The lowest BCUT2D eigenvalue weighted by atomic mass is 10.0. The Morgan fingerprint density at radius 2 is 1.91 bits per heavy atom. The van der Waals surface area contributed by atoms with Gasteiger partial charge in [0.15, 0.2) is 0 Å². The number of carbonyl (C=O) groups is 1. The highest BCUT2D eigenvalue weighted by molar-refractivity contribution is 5.76. The van der Waals surface area contributed by atoms with Crippen LogP contribution in [0.1, 0.15) is 29.5 Å². The molecule has 0 spiro atoms. The number of likely N-dealkylation sites (tertiary alicyclic amines) is 1. The highest BCUT2D eigenvalue weighted by atomic mass is 16.5. The first-order chi connectivity index (χ1) is 16.7. The Kier molecular flexibility index (Phi) is 7.11. The van der Waals surface area contributed by atoms with Gasteiger partial charge < -0.3 is 14.4 Å². The van der Waals surface area contributed by atoms with Crippen molar-refractivity contribution < 1.29 is 14.3 Å². The summed E-state index contributed by atoms with van der Waals surface area (Å²) in [5.41, 5.74) is 3.50. The van der Waals surface area contributed by atoms with Crippen LogP contribution in [0.25, 0.3) is 0 Å². The molecule has 9 nitrogen and oxygen atoms in total. The van der Waals surface area contributed by atoms with Crippen molar-refractivity contribution in [3.8, 4) is 5.75 Å². The quantitative estimate of drug-likeness (QED) is 0.532. The first kappa shape index (κ1) is 22.5. The molecule has 2 aliphatic rings. The lowest BCUT2D eigenvalue weighted by molar-refractivity contribution is -0.132. The molecule has 34 heavy (non-hydrogen) atoms. The summed E-state index contributed by atoms with van der Waals surface area (Å²) in [6, 6.07) is 16.7. The van der Waals surface area contributed by atoms with Crippen molar-refractivity contribution in [2.75, 3.05) is 26.2 Å². The molecule has 0 saturated carbocycles. The van der Waals surface area contributed by atoms with Gasteiger partial charge in [0.05, 0.1) is 19.3 Å². The van der Waals surface area contributed by atoms with E-state index in [2.05, 4.69) is 56.8 Å². The number of aromatic nitrogens is 4. The third-order valence-corrected chi connectivity index (χ3v) is 6.42. The van der Waals surface area contributed by atoms with Crippen LogP contribution in [0.5, 0.6) is 5.75 Å². The molecule has 0 N–H and O–H groups in total. The number of piperidine rings is 1. The number of benzene rings is 2. The highest BCUT2D eigenvalue weighted by Gasteiger charge is 2.23. The van der Waals surface area contributed by atoms with Crippen molar-refractivity contribution in [3.05, 3.63) is 71.5 Å². The Morgan fingerprint density at radius 1 is 1.06 bits per heavy atom. The molecule has 5 rings (SSSR count). The van der Waals surface area contributed by atoms with E-state index in [0.717, 1.165) is 43.8 Å². The third-order valence-electron chi connectivity index (χ3n) is 6.42. The SMILES string of the molecule is O=C(Cn1cnnn1)N1CCOc2ccc(CN3CCC(OCc4ccccc4)CC3)cc2C1. The van der Waals surface area contributed by atoms with Crippen LogP contribution in [-0.4, -0.2) is 68.3 Å². The summed E-state index contributed by atoms with van der Waals surface area (Å²) < 4.78 is 13.5. The molecule has 0 aliphatic carbocycles. The fourth-order valence-electron chi connectivity index (χ4n) is 4.53. The van der Waals surface area contributed by atoms with Crippen LogP contribution < -0.4 is 4.74 Å². The maximum atomic E-state index is 12.7. The normalized spacial score (nSPS) is 17.1. The minimum Gasteiger partial charge on any atom is -0.491 e. The second-order valence-electron chi connectivity index (χ2n) is 8.89. The Bertz CT molecular complexity index is 1070. The Labute approximate surface area is 199 Å². The smallest absolute Gasteiger partial charge is 0.244 e. The van der Waals surface area contributed by atoms with Gasteiger partial charge in [0.1, 0.15) is 25.2 Å². The maximum Gasteiger partial charge on any atom is 0.244 e. The number of tetrazole rings is 1. The molecule has 1 amide bonds. The van der Waals surface area contributed by atoms with Crippen molar-refractivity contribution in [1.82, 2.24) is 30.0 Å². The van der Waals surface area contributed by atoms with E-state index in [4.69, 9.17) is 9.47 Å². The zero-order valence-corrected chi connectivity index (χ0v) is 19.3. The third kappa shape index (κ3) is 5.78. The average molecular weight is 463 g/mol. The zero-order chi connectivity index (χ0) is 23.2.